The van der Waals surface area contributed by atoms with Crippen molar-refractivity contribution in [2.24, 2.45) is 0 Å². The van der Waals surface area contributed by atoms with E-state index in [-0.39, 0.29) is 29.7 Å². The van der Waals surface area contributed by atoms with Gasteiger partial charge in [-0.05, 0) is 49.2 Å². The van der Waals surface area contributed by atoms with Crippen molar-refractivity contribution >= 4 is 34.4 Å². The van der Waals surface area contributed by atoms with Crippen molar-refractivity contribution in [2.45, 2.75) is 31.5 Å². The Balaban J connectivity index is 1.44. The van der Waals surface area contributed by atoms with Crippen LogP contribution in [0.2, 0.25) is 0 Å². The lowest BCUT2D eigenvalue weighted by atomic mass is 10.2. The van der Waals surface area contributed by atoms with E-state index in [1.165, 1.54) is 24.0 Å². The number of anilines is 1. The second kappa shape index (κ2) is 7.90. The maximum absolute atomic E-state index is 13.8. The van der Waals surface area contributed by atoms with Gasteiger partial charge in [0.15, 0.2) is 10.8 Å². The molecule has 162 valence electrons. The summed E-state index contributed by atoms with van der Waals surface area (Å²) in [6, 6.07) is 12.0. The van der Waals surface area contributed by atoms with Crippen molar-refractivity contribution in [1.82, 2.24) is 19.3 Å². The molecular formula is C23H20FN5O2S. The van der Waals surface area contributed by atoms with Crippen molar-refractivity contribution < 1.29 is 9.18 Å². The van der Waals surface area contributed by atoms with E-state index in [0.29, 0.717) is 33.2 Å². The number of nitrogens with zero attached hydrogens (tertiary/aromatic N) is 4. The minimum Gasteiger partial charge on any atom is -0.326 e. The van der Waals surface area contributed by atoms with Gasteiger partial charge >= 0.3 is 0 Å². The number of fused-ring (bicyclic) bond motifs is 2. The van der Waals surface area contributed by atoms with Gasteiger partial charge in [-0.2, -0.15) is 5.10 Å². The third-order valence-corrected chi connectivity index (χ3v) is 6.59. The summed E-state index contributed by atoms with van der Waals surface area (Å²) >= 11 is 1.44. The van der Waals surface area contributed by atoms with Gasteiger partial charge in [-0.15, -0.1) is 0 Å². The molecule has 4 aromatic rings. The summed E-state index contributed by atoms with van der Waals surface area (Å²) in [6.45, 7) is 3.65. The quantitative estimate of drug-likeness (QED) is 0.476. The lowest BCUT2D eigenvalue weighted by Gasteiger charge is -2.14. The number of aryl methyl sites for hydroxylation is 2. The number of thioether (sulfide) groups is 1. The number of amides is 1. The Labute approximate surface area is 187 Å². The van der Waals surface area contributed by atoms with Crippen LogP contribution in [0.1, 0.15) is 23.6 Å². The summed E-state index contributed by atoms with van der Waals surface area (Å²) < 4.78 is 17.0. The molecule has 0 radical (unpaired) electrons. The Hall–Kier alpha value is -3.46. The summed E-state index contributed by atoms with van der Waals surface area (Å²) in [7, 11) is 0. The number of nitrogens with one attached hydrogen (secondary N) is 1. The van der Waals surface area contributed by atoms with E-state index in [4.69, 9.17) is 4.98 Å². The van der Waals surface area contributed by atoms with E-state index in [1.54, 1.807) is 28.3 Å². The molecule has 1 aliphatic rings. The zero-order valence-corrected chi connectivity index (χ0v) is 18.3. The first-order valence-electron chi connectivity index (χ1n) is 10.2. The molecule has 0 saturated carbocycles. The summed E-state index contributed by atoms with van der Waals surface area (Å²) in [5.74, 6) is -0.102. The fourth-order valence-corrected chi connectivity index (χ4v) is 4.96. The summed E-state index contributed by atoms with van der Waals surface area (Å²) in [6.07, 6.45) is 1.62. The molecular weight excluding hydrogens is 429 g/mol. The third kappa shape index (κ3) is 3.58. The Morgan fingerprint density at radius 1 is 1.25 bits per heavy atom. The molecule has 9 heteroatoms. The predicted octanol–water partition coefficient (Wildman–Crippen LogP) is 4.01. The molecule has 1 unspecified atom stereocenters. The van der Waals surface area contributed by atoms with Crippen LogP contribution < -0.4 is 10.9 Å². The van der Waals surface area contributed by atoms with Crippen LogP contribution in [-0.2, 0) is 4.79 Å². The molecule has 0 aliphatic carbocycles. The lowest BCUT2D eigenvalue weighted by molar-refractivity contribution is -0.116. The molecule has 1 amide bonds. The van der Waals surface area contributed by atoms with Crippen molar-refractivity contribution in [2.75, 3.05) is 11.1 Å². The predicted molar refractivity (Wildman–Crippen MR) is 122 cm³/mol. The largest absolute Gasteiger partial charge is 0.326 e. The summed E-state index contributed by atoms with van der Waals surface area (Å²) in [5, 5.41) is 8.07. The van der Waals surface area contributed by atoms with Gasteiger partial charge in [-0.3, -0.25) is 14.2 Å². The Morgan fingerprint density at radius 3 is 2.88 bits per heavy atom. The Kier molecular flexibility index (Phi) is 5.05. The van der Waals surface area contributed by atoms with Gasteiger partial charge in [-0.25, -0.2) is 14.1 Å². The van der Waals surface area contributed by atoms with Gasteiger partial charge in [-0.1, -0.05) is 30.0 Å². The second-order valence-corrected chi connectivity index (χ2v) is 8.87. The monoisotopic (exact) mass is 449 g/mol. The first-order valence-corrected chi connectivity index (χ1v) is 11.2. The van der Waals surface area contributed by atoms with Crippen molar-refractivity contribution in [3.8, 4) is 5.69 Å². The molecule has 32 heavy (non-hydrogen) atoms. The number of benzene rings is 2. The zero-order chi connectivity index (χ0) is 22.4. The number of halogens is 1. The molecule has 7 nitrogen and oxygen atoms in total. The second-order valence-electron chi connectivity index (χ2n) is 7.88. The van der Waals surface area contributed by atoms with Crippen molar-refractivity contribution in [1.29, 1.82) is 0 Å². The van der Waals surface area contributed by atoms with Gasteiger partial charge < -0.3 is 5.32 Å². The van der Waals surface area contributed by atoms with Crippen LogP contribution in [0.25, 0.3) is 16.7 Å². The van der Waals surface area contributed by atoms with E-state index in [2.05, 4.69) is 10.4 Å². The number of hydrogen-bond donors (Lipinski definition) is 1. The third-order valence-electron chi connectivity index (χ3n) is 5.49. The Bertz CT molecular complexity index is 1430. The highest BCUT2D eigenvalue weighted by atomic mass is 32.2. The number of rotatable bonds is 4. The van der Waals surface area contributed by atoms with E-state index >= 15 is 0 Å². The lowest BCUT2D eigenvalue weighted by Crippen LogP contribution is -2.27. The average Bonchev–Trinajstić information content (AvgIpc) is 3.36. The Morgan fingerprint density at radius 2 is 2.09 bits per heavy atom. The van der Waals surface area contributed by atoms with Gasteiger partial charge in [0.1, 0.15) is 11.2 Å². The maximum atomic E-state index is 13.8. The number of carbonyl (C=O) groups excluding carboxylic acids is 1. The highest BCUT2D eigenvalue weighted by Crippen LogP contribution is 2.33. The van der Waals surface area contributed by atoms with Gasteiger partial charge in [0, 0.05) is 17.9 Å². The molecule has 0 fully saturated rings. The van der Waals surface area contributed by atoms with E-state index in [0.717, 1.165) is 11.3 Å². The van der Waals surface area contributed by atoms with Crippen molar-refractivity contribution in [3.05, 3.63) is 76.0 Å². The fourth-order valence-electron chi connectivity index (χ4n) is 3.83. The minimum absolute atomic E-state index is 0.0919. The highest BCUT2D eigenvalue weighted by Gasteiger charge is 2.29. The standard InChI is InChI=1S/C23H20FN5O2S/c1-13-4-3-5-16(8-13)29-21-18(11-25-29)22(31)28-17(12-32-23(28)27-21)10-20(30)26-15-7-6-14(2)19(24)9-15/h3-9,11,17H,10,12H2,1-2H3,(H,26,30). The van der Waals surface area contributed by atoms with Crippen LogP contribution in [0.15, 0.2) is 58.6 Å². The molecule has 2 aromatic carbocycles. The van der Waals surface area contributed by atoms with Gasteiger partial charge in [0.05, 0.1) is 17.9 Å². The molecule has 1 atom stereocenters. The van der Waals surface area contributed by atoms with Crippen LogP contribution >= 0.6 is 11.8 Å². The highest BCUT2D eigenvalue weighted by molar-refractivity contribution is 7.99. The molecule has 0 saturated heterocycles. The molecule has 1 N–H and O–H groups in total. The maximum Gasteiger partial charge on any atom is 0.265 e. The minimum atomic E-state index is -0.377. The fraction of sp³-hybridized carbons (Fsp3) is 0.217. The number of carbonyl (C=O) groups is 1. The van der Waals surface area contributed by atoms with E-state index in [9.17, 15) is 14.0 Å². The van der Waals surface area contributed by atoms with Crippen LogP contribution in [0.4, 0.5) is 10.1 Å². The van der Waals surface area contributed by atoms with Crippen LogP contribution in [-0.4, -0.2) is 31.0 Å². The molecule has 2 aromatic heterocycles. The smallest absolute Gasteiger partial charge is 0.265 e. The van der Waals surface area contributed by atoms with Gasteiger partial charge in [0.2, 0.25) is 5.91 Å². The normalized spacial score (nSPS) is 15.2. The van der Waals surface area contributed by atoms with Gasteiger partial charge in [0.25, 0.3) is 5.56 Å². The SMILES string of the molecule is Cc1cccc(-n2ncc3c(=O)n4c(nc32)SCC4CC(=O)Nc2ccc(C)c(F)c2)c1. The molecule has 5 rings (SSSR count). The van der Waals surface area contributed by atoms with Crippen LogP contribution in [0, 0.1) is 19.7 Å². The first-order chi connectivity index (χ1) is 15.4. The molecule has 0 spiro atoms. The number of hydrogen-bond acceptors (Lipinski definition) is 5. The first kappa shape index (κ1) is 20.4. The summed E-state index contributed by atoms with van der Waals surface area (Å²) in [4.78, 5) is 30.5. The van der Waals surface area contributed by atoms with Crippen LogP contribution in [0.3, 0.4) is 0 Å². The average molecular weight is 450 g/mol. The van der Waals surface area contributed by atoms with Crippen LogP contribution in [0.5, 0.6) is 0 Å². The number of aromatic nitrogens is 4. The zero-order valence-electron chi connectivity index (χ0n) is 17.5. The molecule has 0 bridgehead atoms. The summed E-state index contributed by atoms with van der Waals surface area (Å²) in [5.41, 5.74) is 3.10. The topological polar surface area (TPSA) is 81.8 Å². The van der Waals surface area contributed by atoms with Crippen molar-refractivity contribution in [3.63, 3.8) is 0 Å². The molecule has 3 heterocycles. The molecule has 1 aliphatic heterocycles. The van der Waals surface area contributed by atoms with E-state index in [1.807, 2.05) is 31.2 Å². The van der Waals surface area contributed by atoms with E-state index < -0.39 is 0 Å².